The molecule has 0 aliphatic heterocycles. The van der Waals surface area contributed by atoms with Gasteiger partial charge in [-0.25, -0.2) is 12.8 Å². The van der Waals surface area contributed by atoms with Crippen LogP contribution in [0, 0.1) is 12.7 Å². The largest absolute Gasteiger partial charge is 0.497 e. The van der Waals surface area contributed by atoms with Crippen LogP contribution in [0.5, 0.6) is 5.75 Å². The molecule has 0 saturated carbocycles. The number of anilines is 1. The van der Waals surface area contributed by atoms with E-state index in [2.05, 4.69) is 5.32 Å². The summed E-state index contributed by atoms with van der Waals surface area (Å²) in [7, 11) is -1.24. The zero-order chi connectivity index (χ0) is 27.2. The molecule has 0 radical (unpaired) electrons. The van der Waals surface area contributed by atoms with Crippen LogP contribution in [0.3, 0.4) is 0 Å². The van der Waals surface area contributed by atoms with E-state index in [0.29, 0.717) is 17.0 Å². The number of carbonyl (C=O) groups excluding carboxylic acids is 2. The molecule has 196 valence electrons. The van der Waals surface area contributed by atoms with E-state index in [-0.39, 0.29) is 11.4 Å². The van der Waals surface area contributed by atoms with Gasteiger partial charge in [-0.15, -0.1) is 0 Å². The average molecular weight is 528 g/mol. The van der Waals surface area contributed by atoms with Gasteiger partial charge in [0.2, 0.25) is 11.8 Å². The highest BCUT2D eigenvalue weighted by Gasteiger charge is 2.32. The minimum Gasteiger partial charge on any atom is -0.497 e. The third kappa shape index (κ3) is 6.65. The Morgan fingerprint density at radius 3 is 2.11 bits per heavy atom. The first-order valence-corrected chi connectivity index (χ1v) is 13.0. The normalized spacial score (nSPS) is 11.9. The highest BCUT2D eigenvalue weighted by atomic mass is 32.2. The van der Waals surface area contributed by atoms with E-state index in [1.54, 1.807) is 31.2 Å². The molecule has 0 saturated heterocycles. The second-order valence-corrected chi connectivity index (χ2v) is 10.3. The third-order valence-corrected chi connectivity index (χ3v) is 7.72. The topological polar surface area (TPSA) is 96.0 Å². The van der Waals surface area contributed by atoms with E-state index in [9.17, 15) is 22.4 Å². The van der Waals surface area contributed by atoms with Crippen molar-refractivity contribution in [2.75, 3.05) is 25.0 Å². The van der Waals surface area contributed by atoms with Crippen molar-refractivity contribution in [1.82, 2.24) is 10.2 Å². The van der Waals surface area contributed by atoms with Crippen LogP contribution in [0.2, 0.25) is 0 Å². The number of benzene rings is 3. The van der Waals surface area contributed by atoms with Crippen LogP contribution >= 0.6 is 0 Å². The first kappa shape index (κ1) is 27.7. The smallest absolute Gasteiger partial charge is 0.264 e. The third-order valence-electron chi connectivity index (χ3n) is 5.93. The number of nitrogens with one attached hydrogen (secondary N) is 1. The molecule has 3 aromatic carbocycles. The van der Waals surface area contributed by atoms with Gasteiger partial charge in [-0.1, -0.05) is 29.8 Å². The lowest BCUT2D eigenvalue weighted by molar-refractivity contribution is -0.139. The van der Waals surface area contributed by atoms with Crippen LogP contribution in [0.1, 0.15) is 18.1 Å². The van der Waals surface area contributed by atoms with Crippen molar-refractivity contribution < 1.29 is 27.1 Å². The van der Waals surface area contributed by atoms with Gasteiger partial charge in [0.15, 0.2) is 0 Å². The van der Waals surface area contributed by atoms with Crippen LogP contribution in [0.25, 0.3) is 0 Å². The summed E-state index contributed by atoms with van der Waals surface area (Å²) >= 11 is 0. The van der Waals surface area contributed by atoms with Crippen molar-refractivity contribution in [3.8, 4) is 5.75 Å². The van der Waals surface area contributed by atoms with Gasteiger partial charge in [0.25, 0.3) is 10.0 Å². The Kier molecular flexibility index (Phi) is 8.88. The van der Waals surface area contributed by atoms with E-state index >= 15 is 0 Å². The Labute approximate surface area is 216 Å². The van der Waals surface area contributed by atoms with Crippen molar-refractivity contribution in [2.45, 2.75) is 31.3 Å². The number of halogens is 1. The van der Waals surface area contributed by atoms with Gasteiger partial charge >= 0.3 is 0 Å². The van der Waals surface area contributed by atoms with Crippen LogP contribution in [0.4, 0.5) is 10.1 Å². The molecule has 1 N–H and O–H groups in total. The summed E-state index contributed by atoms with van der Waals surface area (Å²) < 4.78 is 47.0. The fourth-order valence-corrected chi connectivity index (χ4v) is 5.11. The molecule has 0 unspecified atom stereocenters. The number of likely N-dealkylation sites (N-methyl/N-ethyl adjacent to an activating group) is 1. The number of rotatable bonds is 10. The zero-order valence-electron chi connectivity index (χ0n) is 21.1. The minimum absolute atomic E-state index is 0.0159. The van der Waals surface area contributed by atoms with Gasteiger partial charge in [0.05, 0.1) is 17.7 Å². The number of methoxy groups -OCH3 is 1. The summed E-state index contributed by atoms with van der Waals surface area (Å²) in [6, 6.07) is 17.2. The lowest BCUT2D eigenvalue weighted by Crippen LogP contribution is -2.50. The van der Waals surface area contributed by atoms with E-state index in [4.69, 9.17) is 4.74 Å². The molecule has 0 bridgehead atoms. The minimum atomic E-state index is -4.17. The Balaban J connectivity index is 2.01. The highest BCUT2D eigenvalue weighted by molar-refractivity contribution is 7.92. The second-order valence-electron chi connectivity index (χ2n) is 8.46. The molecule has 0 fully saturated rings. The molecular formula is C27H30FN3O5S. The highest BCUT2D eigenvalue weighted by Crippen LogP contribution is 2.26. The number of ether oxygens (including phenoxy) is 1. The maximum Gasteiger partial charge on any atom is 0.264 e. The van der Waals surface area contributed by atoms with Crippen LogP contribution in [-0.2, 0) is 26.2 Å². The number of nitrogens with zero attached hydrogens (tertiary/aromatic N) is 2. The zero-order valence-corrected chi connectivity index (χ0v) is 22.0. The van der Waals surface area contributed by atoms with Gasteiger partial charge in [0.1, 0.15) is 24.2 Å². The van der Waals surface area contributed by atoms with E-state index in [0.717, 1.165) is 9.87 Å². The van der Waals surface area contributed by atoms with Gasteiger partial charge in [-0.2, -0.15) is 0 Å². The summed E-state index contributed by atoms with van der Waals surface area (Å²) in [6.45, 7) is 2.85. The van der Waals surface area contributed by atoms with E-state index in [1.807, 2.05) is 6.92 Å². The molecule has 0 aliphatic rings. The molecular weight excluding hydrogens is 497 g/mol. The maximum absolute atomic E-state index is 13.7. The summed E-state index contributed by atoms with van der Waals surface area (Å²) in [5, 5.41) is 2.52. The molecule has 0 spiro atoms. The number of aryl methyl sites for hydroxylation is 1. The Hall–Kier alpha value is -3.92. The number of amides is 2. The van der Waals surface area contributed by atoms with Crippen molar-refractivity contribution in [3.63, 3.8) is 0 Å². The van der Waals surface area contributed by atoms with Crippen LogP contribution in [-0.4, -0.2) is 51.9 Å². The molecule has 0 aliphatic carbocycles. The summed E-state index contributed by atoms with van der Waals surface area (Å²) in [4.78, 5) is 27.4. The SMILES string of the molecule is CNC(=O)[C@@H](C)N(Cc1ccc(F)cc1)C(=O)CN(c1ccc(C)cc1)S(=O)(=O)c1ccc(OC)cc1. The number of sulfonamides is 1. The molecule has 10 heteroatoms. The summed E-state index contributed by atoms with van der Waals surface area (Å²) in [6.07, 6.45) is 0. The quantitative estimate of drug-likeness (QED) is 0.436. The van der Waals surface area contributed by atoms with E-state index in [1.165, 1.54) is 67.6 Å². The second kappa shape index (κ2) is 11.9. The lowest BCUT2D eigenvalue weighted by atomic mass is 10.1. The molecule has 8 nitrogen and oxygen atoms in total. The predicted molar refractivity (Wildman–Crippen MR) is 139 cm³/mol. The summed E-state index contributed by atoms with van der Waals surface area (Å²) in [5.74, 6) is -0.965. The molecule has 0 aromatic heterocycles. The fraction of sp³-hybridized carbons (Fsp3) is 0.259. The Morgan fingerprint density at radius 2 is 1.57 bits per heavy atom. The first-order chi connectivity index (χ1) is 17.6. The standard InChI is InChI=1S/C27H30FN3O5S/c1-19-5-11-23(12-6-19)31(37(34,35)25-15-13-24(36-4)14-16-25)18-26(32)30(20(2)27(33)29-3)17-21-7-9-22(28)10-8-21/h5-16,20H,17-18H2,1-4H3,(H,29,33)/t20-/m1/s1. The fourth-order valence-electron chi connectivity index (χ4n) is 3.69. The Morgan fingerprint density at radius 1 is 0.973 bits per heavy atom. The van der Waals surface area contributed by atoms with Gasteiger partial charge in [0, 0.05) is 13.6 Å². The maximum atomic E-state index is 13.7. The molecule has 37 heavy (non-hydrogen) atoms. The van der Waals surface area contributed by atoms with Crippen molar-refractivity contribution >= 4 is 27.5 Å². The van der Waals surface area contributed by atoms with Crippen LogP contribution < -0.4 is 14.4 Å². The van der Waals surface area contributed by atoms with Gasteiger partial charge < -0.3 is 15.0 Å². The Bertz CT molecular complexity index is 1330. The number of carbonyl (C=O) groups is 2. The van der Waals surface area contributed by atoms with Gasteiger partial charge in [-0.05, 0) is 67.9 Å². The van der Waals surface area contributed by atoms with Crippen molar-refractivity contribution in [1.29, 1.82) is 0 Å². The molecule has 3 aromatic rings. The molecule has 2 amide bonds. The lowest BCUT2D eigenvalue weighted by Gasteiger charge is -2.31. The number of hydrogen-bond donors (Lipinski definition) is 1. The molecule has 1 atom stereocenters. The van der Waals surface area contributed by atoms with E-state index < -0.39 is 40.2 Å². The molecule has 3 rings (SSSR count). The first-order valence-electron chi connectivity index (χ1n) is 11.6. The van der Waals surface area contributed by atoms with Gasteiger partial charge in [-0.3, -0.25) is 13.9 Å². The van der Waals surface area contributed by atoms with Crippen molar-refractivity contribution in [3.05, 3.63) is 89.7 Å². The summed E-state index contributed by atoms with van der Waals surface area (Å²) in [5.41, 5.74) is 1.80. The average Bonchev–Trinajstić information content (AvgIpc) is 2.91. The number of hydrogen-bond acceptors (Lipinski definition) is 5. The van der Waals surface area contributed by atoms with Crippen LogP contribution in [0.15, 0.2) is 77.7 Å². The van der Waals surface area contributed by atoms with Crippen molar-refractivity contribution in [2.24, 2.45) is 0 Å². The monoisotopic (exact) mass is 527 g/mol. The molecule has 0 heterocycles. The predicted octanol–water partition coefficient (Wildman–Crippen LogP) is 3.50.